The number of rotatable bonds is 2. The van der Waals surface area contributed by atoms with Crippen molar-refractivity contribution in [1.29, 1.82) is 5.26 Å². The molecule has 1 saturated heterocycles. The Morgan fingerprint density at radius 1 is 1.41 bits per heavy atom. The Kier molecular flexibility index (Phi) is 3.49. The normalized spacial score (nSPS) is 19.1. The summed E-state index contributed by atoms with van der Waals surface area (Å²) in [4.78, 5) is 0.389. The van der Waals surface area contributed by atoms with Gasteiger partial charge in [-0.2, -0.15) is 9.57 Å². The third-order valence-corrected chi connectivity index (χ3v) is 6.07. The van der Waals surface area contributed by atoms with Gasteiger partial charge in [-0.15, -0.1) is 11.3 Å². The van der Waals surface area contributed by atoms with Gasteiger partial charge in [0.25, 0.3) is 10.0 Å². The van der Waals surface area contributed by atoms with Crippen molar-refractivity contribution in [3.63, 3.8) is 0 Å². The Labute approximate surface area is 104 Å². The highest BCUT2D eigenvalue weighted by atomic mass is 32.2. The Morgan fingerprint density at radius 3 is 2.59 bits per heavy atom. The minimum absolute atomic E-state index is 0.199. The summed E-state index contributed by atoms with van der Waals surface area (Å²) in [5, 5.41) is 18.0. The molecule has 0 aliphatic carbocycles. The van der Waals surface area contributed by atoms with Crippen molar-refractivity contribution in [3.05, 3.63) is 17.0 Å². The van der Waals surface area contributed by atoms with E-state index in [1.165, 1.54) is 16.4 Å². The van der Waals surface area contributed by atoms with Gasteiger partial charge >= 0.3 is 0 Å². The van der Waals surface area contributed by atoms with Gasteiger partial charge in [0, 0.05) is 13.1 Å². The first-order valence-corrected chi connectivity index (χ1v) is 7.48. The van der Waals surface area contributed by atoms with Gasteiger partial charge in [0.15, 0.2) is 0 Å². The summed E-state index contributed by atoms with van der Waals surface area (Å²) < 4.78 is 25.9. The number of nitriles is 1. The standard InChI is InChI=1S/C10H12N2O3S2/c11-7-9-1-2-10(16-9)17(14,15)12-5-3-8(13)4-6-12/h1-2,8,13H,3-6H2. The maximum atomic E-state index is 12.2. The zero-order valence-electron chi connectivity index (χ0n) is 9.04. The fourth-order valence-corrected chi connectivity index (χ4v) is 4.46. The largest absolute Gasteiger partial charge is 0.393 e. The van der Waals surface area contributed by atoms with Gasteiger partial charge in [-0.05, 0) is 25.0 Å². The molecule has 7 heteroatoms. The maximum absolute atomic E-state index is 12.2. The van der Waals surface area contributed by atoms with Gasteiger partial charge in [-0.25, -0.2) is 8.42 Å². The minimum Gasteiger partial charge on any atom is -0.393 e. The van der Waals surface area contributed by atoms with E-state index in [-0.39, 0.29) is 4.21 Å². The number of sulfonamides is 1. The van der Waals surface area contributed by atoms with E-state index in [0.717, 1.165) is 11.3 Å². The first-order chi connectivity index (χ1) is 8.04. The molecule has 0 unspecified atom stereocenters. The van der Waals surface area contributed by atoms with Crippen LogP contribution >= 0.6 is 11.3 Å². The molecule has 0 bridgehead atoms. The van der Waals surface area contributed by atoms with E-state index >= 15 is 0 Å². The highest BCUT2D eigenvalue weighted by Gasteiger charge is 2.29. The van der Waals surface area contributed by atoms with Crippen molar-refractivity contribution in [3.8, 4) is 6.07 Å². The lowest BCUT2D eigenvalue weighted by atomic mass is 10.1. The van der Waals surface area contributed by atoms with E-state index < -0.39 is 16.1 Å². The lowest BCUT2D eigenvalue weighted by Gasteiger charge is -2.28. The third-order valence-electron chi connectivity index (χ3n) is 2.71. The highest BCUT2D eigenvalue weighted by molar-refractivity contribution is 7.91. The fourth-order valence-electron chi connectivity index (χ4n) is 1.73. The van der Waals surface area contributed by atoms with Gasteiger partial charge in [0.05, 0.1) is 6.10 Å². The second-order valence-electron chi connectivity index (χ2n) is 3.87. The molecule has 1 aromatic heterocycles. The highest BCUT2D eigenvalue weighted by Crippen LogP contribution is 2.26. The van der Waals surface area contributed by atoms with Crippen LogP contribution in [0.25, 0.3) is 0 Å². The molecule has 17 heavy (non-hydrogen) atoms. The molecular weight excluding hydrogens is 260 g/mol. The molecule has 0 saturated carbocycles. The summed E-state index contributed by atoms with van der Waals surface area (Å²) >= 11 is 0.981. The molecule has 0 radical (unpaired) electrons. The smallest absolute Gasteiger partial charge is 0.252 e. The van der Waals surface area contributed by atoms with Crippen LogP contribution in [0.15, 0.2) is 16.3 Å². The van der Waals surface area contributed by atoms with Crippen LogP contribution < -0.4 is 0 Å². The lowest BCUT2D eigenvalue weighted by Crippen LogP contribution is -2.39. The monoisotopic (exact) mass is 272 g/mol. The maximum Gasteiger partial charge on any atom is 0.252 e. The number of nitrogens with zero attached hydrogens (tertiary/aromatic N) is 2. The first kappa shape index (κ1) is 12.5. The Balaban J connectivity index is 2.22. The van der Waals surface area contributed by atoms with E-state index in [4.69, 9.17) is 5.26 Å². The topological polar surface area (TPSA) is 81.4 Å². The summed E-state index contributed by atoms with van der Waals surface area (Å²) in [7, 11) is -3.49. The van der Waals surface area contributed by atoms with E-state index in [0.29, 0.717) is 30.8 Å². The van der Waals surface area contributed by atoms with Gasteiger partial charge in [0.1, 0.15) is 15.2 Å². The van der Waals surface area contributed by atoms with Crippen molar-refractivity contribution in [1.82, 2.24) is 4.31 Å². The van der Waals surface area contributed by atoms with Crippen LogP contribution in [0.5, 0.6) is 0 Å². The van der Waals surface area contributed by atoms with Crippen LogP contribution in [-0.2, 0) is 10.0 Å². The number of aliphatic hydroxyl groups excluding tert-OH is 1. The molecule has 5 nitrogen and oxygen atoms in total. The third kappa shape index (κ3) is 2.50. The van der Waals surface area contributed by atoms with Crippen molar-refractivity contribution < 1.29 is 13.5 Å². The molecule has 92 valence electrons. The van der Waals surface area contributed by atoms with Crippen LogP contribution in [0.1, 0.15) is 17.7 Å². The second-order valence-corrected chi connectivity index (χ2v) is 7.11. The van der Waals surface area contributed by atoms with Crippen LogP contribution in [0.2, 0.25) is 0 Å². The number of aliphatic hydroxyl groups is 1. The quantitative estimate of drug-likeness (QED) is 0.862. The molecule has 2 rings (SSSR count). The molecule has 2 heterocycles. The molecule has 0 atom stereocenters. The molecule has 0 spiro atoms. The number of hydrogen-bond donors (Lipinski definition) is 1. The fraction of sp³-hybridized carbons (Fsp3) is 0.500. The SMILES string of the molecule is N#Cc1ccc(S(=O)(=O)N2CCC(O)CC2)s1. The number of thiophene rings is 1. The summed E-state index contributed by atoms with van der Waals surface area (Å²) in [5.74, 6) is 0. The van der Waals surface area contributed by atoms with Gasteiger partial charge in [0.2, 0.25) is 0 Å². The summed E-state index contributed by atoms with van der Waals surface area (Å²) in [6.07, 6.45) is 0.533. The van der Waals surface area contributed by atoms with E-state index in [1.807, 2.05) is 6.07 Å². The predicted octanol–water partition coefficient (Wildman–Crippen LogP) is 0.765. The zero-order valence-corrected chi connectivity index (χ0v) is 10.7. The Morgan fingerprint density at radius 2 is 2.06 bits per heavy atom. The molecule has 1 aliphatic rings. The van der Waals surface area contributed by atoms with Crippen molar-refractivity contribution >= 4 is 21.4 Å². The first-order valence-electron chi connectivity index (χ1n) is 5.22. The lowest BCUT2D eigenvalue weighted by molar-refractivity contribution is 0.113. The molecule has 0 aromatic carbocycles. The minimum atomic E-state index is -3.49. The van der Waals surface area contributed by atoms with E-state index in [9.17, 15) is 13.5 Å². The van der Waals surface area contributed by atoms with Crippen molar-refractivity contribution in [2.75, 3.05) is 13.1 Å². The van der Waals surface area contributed by atoms with Crippen molar-refractivity contribution in [2.24, 2.45) is 0 Å². The van der Waals surface area contributed by atoms with Gasteiger partial charge < -0.3 is 5.11 Å². The molecule has 0 amide bonds. The molecule has 1 N–H and O–H groups in total. The Bertz CT molecular complexity index is 536. The molecule has 1 aliphatic heterocycles. The Hall–Kier alpha value is -0.940. The molecular formula is C10H12N2O3S2. The van der Waals surface area contributed by atoms with E-state index in [2.05, 4.69) is 0 Å². The summed E-state index contributed by atoms with van der Waals surface area (Å²) in [6, 6.07) is 4.90. The van der Waals surface area contributed by atoms with Gasteiger partial charge in [-0.3, -0.25) is 0 Å². The molecule has 1 fully saturated rings. The van der Waals surface area contributed by atoms with Crippen molar-refractivity contribution in [2.45, 2.75) is 23.2 Å². The predicted molar refractivity (Wildman–Crippen MR) is 63.0 cm³/mol. The van der Waals surface area contributed by atoms with E-state index in [1.54, 1.807) is 0 Å². The number of piperidine rings is 1. The molecule has 1 aromatic rings. The summed E-state index contributed by atoms with van der Waals surface area (Å²) in [5.41, 5.74) is 0. The van der Waals surface area contributed by atoms with Gasteiger partial charge in [-0.1, -0.05) is 0 Å². The van der Waals surface area contributed by atoms with Crippen LogP contribution in [0.3, 0.4) is 0 Å². The average molecular weight is 272 g/mol. The summed E-state index contributed by atoms with van der Waals surface area (Å²) in [6.45, 7) is 0.673. The second kappa shape index (κ2) is 4.74. The average Bonchev–Trinajstić information content (AvgIpc) is 2.78. The van der Waals surface area contributed by atoms with Crippen LogP contribution in [-0.4, -0.2) is 37.0 Å². The number of hydrogen-bond acceptors (Lipinski definition) is 5. The van der Waals surface area contributed by atoms with Crippen LogP contribution in [0.4, 0.5) is 0 Å². The van der Waals surface area contributed by atoms with Crippen LogP contribution in [0, 0.1) is 11.3 Å². The zero-order chi connectivity index (χ0) is 12.5.